The summed E-state index contributed by atoms with van der Waals surface area (Å²) in [5, 5.41) is 11.2. The molecule has 2 aromatic carbocycles. The first-order valence-electron chi connectivity index (χ1n) is 9.67. The molecule has 1 saturated heterocycles. The molecule has 1 fully saturated rings. The van der Waals surface area contributed by atoms with Gasteiger partial charge in [-0.05, 0) is 34.9 Å². The number of carbonyl (C=O) groups excluding carboxylic acids is 2. The van der Waals surface area contributed by atoms with Crippen molar-refractivity contribution in [2.75, 3.05) is 0 Å². The molecule has 2 heterocycles. The molecule has 9 nitrogen and oxygen atoms in total. The summed E-state index contributed by atoms with van der Waals surface area (Å²) in [5.74, 6) is -0.962. The van der Waals surface area contributed by atoms with Gasteiger partial charge in [0.15, 0.2) is 0 Å². The number of hydrogen-bond donors (Lipinski definition) is 0. The number of imide groups is 1. The van der Waals surface area contributed by atoms with Gasteiger partial charge in [-0.1, -0.05) is 60.7 Å². The fourth-order valence-electron chi connectivity index (χ4n) is 3.85. The van der Waals surface area contributed by atoms with Crippen LogP contribution < -0.4 is 0 Å². The Hall–Kier alpha value is -4.01. The largest absolute Gasteiger partial charge is 0.439 e. The normalized spacial score (nSPS) is 20.2. The lowest BCUT2D eigenvalue weighted by Crippen LogP contribution is -2.52. The first-order chi connectivity index (χ1) is 14.8. The van der Waals surface area contributed by atoms with Crippen molar-refractivity contribution in [3.8, 4) is 0 Å². The van der Waals surface area contributed by atoms with E-state index in [9.17, 15) is 19.7 Å². The van der Waals surface area contributed by atoms with Crippen LogP contribution in [0.25, 0.3) is 0 Å². The van der Waals surface area contributed by atoms with Gasteiger partial charge in [-0.25, -0.2) is 9.69 Å². The Bertz CT molecular complexity index is 1130. The first kappa shape index (κ1) is 20.3. The Balaban J connectivity index is 1.77. The second-order valence-electron chi connectivity index (χ2n) is 7.47. The standard InChI is InChI=1S/C22H20N4O5/c1-15-19(16-9-5-3-6-10-16)31-21(28)25(15)20(27)22(2,17-11-7-4-8-12-17)24-13-18(23-14-24)26(29)30/h3-15,19H,1-2H3/t15-,19-,22?/m1/s1. The summed E-state index contributed by atoms with van der Waals surface area (Å²) in [6.07, 6.45) is 1.04. The van der Waals surface area contributed by atoms with Crippen LogP contribution >= 0.6 is 0 Å². The molecular formula is C22H20N4O5. The van der Waals surface area contributed by atoms with Gasteiger partial charge in [0.05, 0.1) is 6.04 Å². The SMILES string of the molecule is C[C@@H]1[C@H](c2ccccc2)OC(=O)N1C(=O)C(C)(c1ccccc1)n1cnc([N+](=O)[O-])c1. The molecule has 1 aliphatic heterocycles. The predicted molar refractivity (Wildman–Crippen MR) is 110 cm³/mol. The Labute approximate surface area is 178 Å². The highest BCUT2D eigenvalue weighted by Crippen LogP contribution is 2.37. The Morgan fingerprint density at radius 1 is 1.13 bits per heavy atom. The lowest BCUT2D eigenvalue weighted by atomic mass is 9.89. The van der Waals surface area contributed by atoms with Crippen molar-refractivity contribution in [1.29, 1.82) is 0 Å². The number of ether oxygens (including phenoxy) is 1. The van der Waals surface area contributed by atoms with Crippen LogP contribution in [0.1, 0.15) is 31.1 Å². The quantitative estimate of drug-likeness (QED) is 0.460. The van der Waals surface area contributed by atoms with Gasteiger partial charge in [0, 0.05) is 0 Å². The van der Waals surface area contributed by atoms with Crippen molar-refractivity contribution in [2.24, 2.45) is 0 Å². The van der Waals surface area contributed by atoms with E-state index in [1.54, 1.807) is 44.2 Å². The van der Waals surface area contributed by atoms with Gasteiger partial charge in [0.25, 0.3) is 5.91 Å². The van der Waals surface area contributed by atoms with Crippen LogP contribution in [0.4, 0.5) is 10.6 Å². The third kappa shape index (κ3) is 3.33. The average Bonchev–Trinajstić information content (AvgIpc) is 3.39. The summed E-state index contributed by atoms with van der Waals surface area (Å²) >= 11 is 0. The minimum Gasteiger partial charge on any atom is -0.439 e. The zero-order valence-electron chi connectivity index (χ0n) is 16.9. The van der Waals surface area contributed by atoms with Gasteiger partial charge in [-0.15, -0.1) is 0 Å². The monoisotopic (exact) mass is 420 g/mol. The van der Waals surface area contributed by atoms with Gasteiger partial charge in [0.2, 0.25) is 6.33 Å². The summed E-state index contributed by atoms with van der Waals surface area (Å²) in [7, 11) is 0. The Kier molecular flexibility index (Phi) is 5.02. The van der Waals surface area contributed by atoms with Gasteiger partial charge in [-0.3, -0.25) is 9.36 Å². The highest BCUT2D eigenvalue weighted by atomic mass is 16.6. The van der Waals surface area contributed by atoms with Crippen molar-refractivity contribution in [2.45, 2.75) is 31.5 Å². The fraction of sp³-hybridized carbons (Fsp3) is 0.227. The van der Waals surface area contributed by atoms with Crippen LogP contribution in [0.15, 0.2) is 73.2 Å². The van der Waals surface area contributed by atoms with Crippen molar-refractivity contribution >= 4 is 17.8 Å². The number of aromatic nitrogens is 2. The van der Waals surface area contributed by atoms with Crippen LogP contribution in [0.5, 0.6) is 0 Å². The molecule has 31 heavy (non-hydrogen) atoms. The van der Waals surface area contributed by atoms with Crippen LogP contribution in [0.3, 0.4) is 0 Å². The minimum absolute atomic E-state index is 0.394. The van der Waals surface area contributed by atoms with E-state index in [0.717, 1.165) is 10.5 Å². The maximum absolute atomic E-state index is 13.9. The number of hydrogen-bond acceptors (Lipinski definition) is 6. The van der Waals surface area contributed by atoms with Gasteiger partial charge >= 0.3 is 11.9 Å². The number of carbonyl (C=O) groups is 2. The smallest absolute Gasteiger partial charge is 0.417 e. The van der Waals surface area contributed by atoms with Crippen LogP contribution in [-0.4, -0.2) is 37.4 Å². The summed E-state index contributed by atoms with van der Waals surface area (Å²) < 4.78 is 6.90. The molecule has 1 aromatic heterocycles. The molecule has 0 spiro atoms. The van der Waals surface area contributed by atoms with Crippen molar-refractivity contribution in [3.63, 3.8) is 0 Å². The van der Waals surface area contributed by atoms with Crippen LogP contribution in [0, 0.1) is 10.1 Å². The molecular weight excluding hydrogens is 400 g/mol. The van der Waals surface area contributed by atoms with E-state index in [2.05, 4.69) is 4.98 Å². The fourth-order valence-corrected chi connectivity index (χ4v) is 3.85. The van der Waals surface area contributed by atoms with E-state index in [0.29, 0.717) is 5.56 Å². The molecule has 3 atom stereocenters. The van der Waals surface area contributed by atoms with Crippen LogP contribution in [0.2, 0.25) is 0 Å². The Morgan fingerprint density at radius 2 is 1.74 bits per heavy atom. The first-order valence-corrected chi connectivity index (χ1v) is 9.67. The second-order valence-corrected chi connectivity index (χ2v) is 7.47. The van der Waals surface area contributed by atoms with Crippen LogP contribution in [-0.2, 0) is 15.1 Å². The lowest BCUT2D eigenvalue weighted by Gasteiger charge is -2.33. The molecule has 4 rings (SSSR count). The molecule has 1 aliphatic rings. The van der Waals surface area contributed by atoms with Crippen molar-refractivity contribution in [3.05, 3.63) is 94.4 Å². The zero-order valence-corrected chi connectivity index (χ0v) is 16.9. The topological polar surface area (TPSA) is 108 Å². The van der Waals surface area contributed by atoms with Gasteiger partial charge in [0.1, 0.15) is 17.8 Å². The molecule has 9 heteroatoms. The highest BCUT2D eigenvalue weighted by Gasteiger charge is 2.51. The van der Waals surface area contributed by atoms with E-state index in [-0.39, 0.29) is 0 Å². The molecule has 1 unspecified atom stereocenters. The van der Waals surface area contributed by atoms with Crippen molar-refractivity contribution in [1.82, 2.24) is 14.5 Å². The van der Waals surface area contributed by atoms with Crippen molar-refractivity contribution < 1.29 is 19.2 Å². The maximum atomic E-state index is 13.9. The minimum atomic E-state index is -1.46. The van der Waals surface area contributed by atoms with E-state index in [4.69, 9.17) is 4.74 Å². The number of nitro groups is 1. The van der Waals surface area contributed by atoms with E-state index in [1.807, 2.05) is 30.3 Å². The van der Waals surface area contributed by atoms with E-state index >= 15 is 0 Å². The maximum Gasteiger partial charge on any atom is 0.417 e. The highest BCUT2D eigenvalue weighted by molar-refractivity contribution is 5.99. The number of cyclic esters (lactones) is 1. The third-order valence-electron chi connectivity index (χ3n) is 5.64. The molecule has 3 aromatic rings. The summed E-state index contributed by atoms with van der Waals surface area (Å²) in [5.41, 5.74) is -0.129. The zero-order chi connectivity index (χ0) is 22.2. The number of amides is 2. The summed E-state index contributed by atoms with van der Waals surface area (Å²) in [4.78, 5) is 42.0. The molecule has 158 valence electrons. The lowest BCUT2D eigenvalue weighted by molar-refractivity contribution is -0.389. The van der Waals surface area contributed by atoms with Gasteiger partial charge < -0.3 is 14.9 Å². The second kappa shape index (κ2) is 7.67. The van der Waals surface area contributed by atoms with Gasteiger partial charge in [-0.2, -0.15) is 0 Å². The van der Waals surface area contributed by atoms with E-state index < -0.39 is 40.4 Å². The molecule has 2 amide bonds. The molecule has 0 saturated carbocycles. The number of rotatable bonds is 5. The van der Waals surface area contributed by atoms with E-state index in [1.165, 1.54) is 17.1 Å². The summed E-state index contributed by atoms with van der Waals surface area (Å²) in [6, 6.07) is 17.4. The number of benzene rings is 2. The average molecular weight is 420 g/mol. The Morgan fingerprint density at radius 3 is 2.32 bits per heavy atom. The third-order valence-corrected chi connectivity index (χ3v) is 5.64. The number of imidazole rings is 1. The molecule has 0 N–H and O–H groups in total. The predicted octanol–water partition coefficient (Wildman–Crippen LogP) is 3.66. The number of nitrogens with zero attached hydrogens (tertiary/aromatic N) is 4. The molecule has 0 bridgehead atoms. The molecule has 0 radical (unpaired) electrons. The summed E-state index contributed by atoms with van der Waals surface area (Å²) in [6.45, 7) is 3.34. The molecule has 0 aliphatic carbocycles.